The summed E-state index contributed by atoms with van der Waals surface area (Å²) in [6.07, 6.45) is -3.27. The topological polar surface area (TPSA) is 141 Å². The molecule has 0 N–H and O–H groups in total. The van der Waals surface area contributed by atoms with Crippen LogP contribution >= 0.6 is 0 Å². The molecule has 3 bridgehead atoms. The van der Waals surface area contributed by atoms with Crippen molar-refractivity contribution >= 4 is 29.8 Å². The number of cyclic esters (lactones) is 2. The first kappa shape index (κ1) is 27.0. The fraction of sp³-hybridized carbons (Fsp3) is 0.690. The van der Waals surface area contributed by atoms with Crippen molar-refractivity contribution in [2.75, 3.05) is 0 Å². The van der Waals surface area contributed by atoms with Crippen molar-refractivity contribution in [2.45, 2.75) is 108 Å². The fourth-order valence-corrected chi connectivity index (χ4v) is 9.48. The van der Waals surface area contributed by atoms with Crippen LogP contribution in [-0.2, 0) is 52.4 Å². The summed E-state index contributed by atoms with van der Waals surface area (Å²) >= 11 is 0. The summed E-state index contributed by atoms with van der Waals surface area (Å²) in [5.41, 5.74) is -10.9. The summed E-state index contributed by atoms with van der Waals surface area (Å²) in [6, 6.07) is 0. The molecule has 40 heavy (non-hydrogen) atoms. The maximum absolute atomic E-state index is 14.2. The van der Waals surface area contributed by atoms with Crippen molar-refractivity contribution in [1.29, 1.82) is 0 Å². The van der Waals surface area contributed by atoms with Crippen LogP contribution in [0.5, 0.6) is 0 Å². The summed E-state index contributed by atoms with van der Waals surface area (Å²) in [7, 11) is 0. The Morgan fingerprint density at radius 1 is 0.900 bits per heavy atom. The van der Waals surface area contributed by atoms with Crippen molar-refractivity contribution in [3.05, 3.63) is 24.3 Å². The Balaban J connectivity index is 1.77. The van der Waals surface area contributed by atoms with Gasteiger partial charge in [0.15, 0.2) is 11.7 Å². The SMILES string of the molecule is C=C1C23O[C@]45C(=O)O[C@@](C)(C(=C)[C@@]4(C(=O)O[C@@H]5C)[C@@]2(C)[C@H](OC(C)=O)C[C@]12CCC(=O)OC2(C)C)[C@H]3OC(C)=O. The highest BCUT2D eigenvalue weighted by atomic mass is 16.7. The largest absolute Gasteiger partial charge is 0.462 e. The molecule has 11 nitrogen and oxygen atoms in total. The van der Waals surface area contributed by atoms with Crippen LogP contribution in [0, 0.1) is 16.2 Å². The summed E-state index contributed by atoms with van der Waals surface area (Å²) in [4.78, 5) is 66.3. The molecule has 0 radical (unpaired) electrons. The van der Waals surface area contributed by atoms with E-state index in [4.69, 9.17) is 28.4 Å². The van der Waals surface area contributed by atoms with Crippen LogP contribution in [0.1, 0.15) is 67.7 Å². The molecule has 0 aromatic rings. The average molecular weight is 559 g/mol. The minimum absolute atomic E-state index is 0.0361. The van der Waals surface area contributed by atoms with Gasteiger partial charge in [0.05, 0.1) is 5.41 Å². The molecule has 4 heterocycles. The van der Waals surface area contributed by atoms with Crippen molar-refractivity contribution in [3.63, 3.8) is 0 Å². The Bertz CT molecular complexity index is 1360. The first-order chi connectivity index (χ1) is 18.4. The maximum atomic E-state index is 14.2. The van der Waals surface area contributed by atoms with Gasteiger partial charge >= 0.3 is 29.8 Å². The van der Waals surface area contributed by atoms with E-state index in [9.17, 15) is 24.0 Å². The van der Waals surface area contributed by atoms with Gasteiger partial charge in [-0.1, -0.05) is 20.1 Å². The highest BCUT2D eigenvalue weighted by molar-refractivity contribution is 6.03. The molecule has 6 aliphatic rings. The first-order valence-electron chi connectivity index (χ1n) is 13.5. The molecule has 4 saturated heterocycles. The zero-order valence-electron chi connectivity index (χ0n) is 23.8. The summed E-state index contributed by atoms with van der Waals surface area (Å²) in [6.45, 7) is 19.5. The van der Waals surface area contributed by atoms with E-state index in [2.05, 4.69) is 13.2 Å². The van der Waals surface area contributed by atoms with Gasteiger partial charge in [0, 0.05) is 25.7 Å². The van der Waals surface area contributed by atoms with Crippen molar-refractivity contribution < 1.29 is 52.4 Å². The van der Waals surface area contributed by atoms with Crippen LogP contribution in [-0.4, -0.2) is 70.6 Å². The van der Waals surface area contributed by atoms with E-state index in [1.165, 1.54) is 27.7 Å². The molecule has 0 aromatic heterocycles. The van der Waals surface area contributed by atoms with Crippen molar-refractivity contribution in [1.82, 2.24) is 0 Å². The lowest BCUT2D eigenvalue weighted by Gasteiger charge is -2.69. The molecule has 2 aliphatic carbocycles. The third-order valence-corrected chi connectivity index (χ3v) is 11.2. The van der Waals surface area contributed by atoms with Crippen LogP contribution in [0.4, 0.5) is 0 Å². The average Bonchev–Trinajstić information content (AvgIpc) is 3.14. The van der Waals surface area contributed by atoms with Gasteiger partial charge < -0.3 is 28.4 Å². The number of ether oxygens (including phenoxy) is 6. The van der Waals surface area contributed by atoms with Crippen LogP contribution in [0.2, 0.25) is 0 Å². The lowest BCUT2D eigenvalue weighted by molar-refractivity contribution is -0.273. The third-order valence-electron chi connectivity index (χ3n) is 11.2. The van der Waals surface area contributed by atoms with Crippen LogP contribution in [0.3, 0.4) is 0 Å². The minimum Gasteiger partial charge on any atom is -0.462 e. The maximum Gasteiger partial charge on any atom is 0.345 e. The van der Waals surface area contributed by atoms with E-state index in [1.807, 2.05) is 0 Å². The third kappa shape index (κ3) is 2.29. The predicted molar refractivity (Wildman–Crippen MR) is 133 cm³/mol. The summed E-state index contributed by atoms with van der Waals surface area (Å²) < 4.78 is 36.7. The Morgan fingerprint density at radius 3 is 2.10 bits per heavy atom. The van der Waals surface area contributed by atoms with Gasteiger partial charge in [-0.05, 0) is 51.7 Å². The molecule has 0 amide bonds. The van der Waals surface area contributed by atoms with Gasteiger partial charge in [-0.2, -0.15) is 0 Å². The number of carbonyl (C=O) groups excluding carboxylic acids is 5. The zero-order chi connectivity index (χ0) is 29.6. The highest BCUT2D eigenvalue weighted by Crippen LogP contribution is 2.84. The van der Waals surface area contributed by atoms with E-state index < -0.39 is 86.8 Å². The van der Waals surface area contributed by atoms with Gasteiger partial charge in [0.2, 0.25) is 5.60 Å². The number of fused-ring (bicyclic) bond motifs is 1. The Hall–Kier alpha value is -3.21. The highest BCUT2D eigenvalue weighted by Gasteiger charge is 3.01. The zero-order valence-corrected chi connectivity index (χ0v) is 23.8. The molecule has 1 unspecified atom stereocenters. The van der Waals surface area contributed by atoms with Crippen LogP contribution in [0.25, 0.3) is 0 Å². The number of rotatable bonds is 2. The summed E-state index contributed by atoms with van der Waals surface area (Å²) in [5, 5.41) is 0. The molecule has 4 aliphatic heterocycles. The van der Waals surface area contributed by atoms with Gasteiger partial charge in [0.1, 0.15) is 28.8 Å². The molecule has 6 fully saturated rings. The second-order valence-corrected chi connectivity index (χ2v) is 12.9. The molecular formula is C29H34O11. The smallest absolute Gasteiger partial charge is 0.345 e. The van der Waals surface area contributed by atoms with E-state index in [0.717, 1.165) is 0 Å². The molecular weight excluding hydrogens is 524 g/mol. The lowest BCUT2D eigenvalue weighted by atomic mass is 9.34. The molecule has 216 valence electrons. The van der Waals surface area contributed by atoms with Gasteiger partial charge in [-0.25, -0.2) is 4.79 Å². The monoisotopic (exact) mass is 558 g/mol. The van der Waals surface area contributed by atoms with Crippen LogP contribution in [0.15, 0.2) is 24.3 Å². The quantitative estimate of drug-likeness (QED) is 0.280. The molecule has 2 spiro atoms. The molecule has 2 saturated carbocycles. The standard InChI is InChI=1S/C29H34O11/c1-13-24(8)20(37-17(5)31)28-14(2)26(11-10-19(32)38-23(26,6)7)12-18(36-16(4)30)25(28,9)27(13)21(33)35-15(3)29(27,40-28)22(34)39-24/h15,18,20H,1-2,10-12H2,3-9H3/t15-,18-,20-,24+,25-,26-,27-,28?,29-/m1/s1. The Labute approximate surface area is 231 Å². The van der Waals surface area contributed by atoms with E-state index >= 15 is 0 Å². The number of hydrogen-bond donors (Lipinski definition) is 0. The van der Waals surface area contributed by atoms with E-state index in [0.29, 0.717) is 5.57 Å². The molecule has 11 heteroatoms. The fourth-order valence-electron chi connectivity index (χ4n) is 9.48. The first-order valence-corrected chi connectivity index (χ1v) is 13.5. The molecule has 0 aromatic carbocycles. The molecule has 9 atom stereocenters. The second kappa shape index (κ2) is 7.16. The van der Waals surface area contributed by atoms with Gasteiger partial charge in [-0.15, -0.1) is 0 Å². The van der Waals surface area contributed by atoms with E-state index in [-0.39, 0.29) is 24.8 Å². The van der Waals surface area contributed by atoms with Crippen molar-refractivity contribution in [3.8, 4) is 0 Å². The van der Waals surface area contributed by atoms with Crippen molar-refractivity contribution in [2.24, 2.45) is 16.2 Å². The second-order valence-electron chi connectivity index (χ2n) is 12.9. The lowest BCUT2D eigenvalue weighted by Crippen LogP contribution is -2.82. The molecule has 6 rings (SSSR count). The van der Waals surface area contributed by atoms with Gasteiger partial charge in [-0.3, -0.25) is 19.2 Å². The Kier molecular flexibility index (Phi) is 4.83. The van der Waals surface area contributed by atoms with Crippen LogP contribution < -0.4 is 0 Å². The number of hydrogen-bond acceptors (Lipinski definition) is 11. The van der Waals surface area contributed by atoms with Gasteiger partial charge in [0.25, 0.3) is 0 Å². The summed E-state index contributed by atoms with van der Waals surface area (Å²) in [5.74, 6) is -3.39. The minimum atomic E-state index is -2.05. The normalized spacial score (nSPS) is 49.6. The number of esters is 5. The number of carbonyl (C=O) groups is 5. The predicted octanol–water partition coefficient (Wildman–Crippen LogP) is 2.24. The van der Waals surface area contributed by atoms with E-state index in [1.54, 1.807) is 20.8 Å². The Morgan fingerprint density at radius 2 is 1.52 bits per heavy atom.